The SMILES string of the molecule is Nc1cc(C2CCN3C[C@H](Cc4ccccc4)[C@@H](C3)Oc3cccc(c3)Cn3cc2cn3)c2n[nH]nc2n1. The average Bonchev–Trinajstić information content (AvgIpc) is 3.66. The second-order valence-corrected chi connectivity index (χ2v) is 10.5. The molecule has 0 radical (unpaired) electrons. The van der Waals surface area contributed by atoms with Gasteiger partial charge in [-0.1, -0.05) is 42.5 Å². The van der Waals surface area contributed by atoms with Crippen molar-refractivity contribution in [1.29, 1.82) is 0 Å². The van der Waals surface area contributed by atoms with Crippen LogP contribution < -0.4 is 10.5 Å². The first-order chi connectivity index (χ1) is 18.7. The maximum atomic E-state index is 6.67. The Kier molecular flexibility index (Phi) is 5.77. The van der Waals surface area contributed by atoms with Crippen LogP contribution in [0.2, 0.25) is 0 Å². The van der Waals surface area contributed by atoms with Crippen molar-refractivity contribution in [2.45, 2.75) is 31.4 Å². The Balaban J connectivity index is 1.26. The van der Waals surface area contributed by atoms with Crippen LogP contribution in [0, 0.1) is 5.92 Å². The van der Waals surface area contributed by atoms with Crippen LogP contribution in [-0.2, 0) is 13.0 Å². The van der Waals surface area contributed by atoms with Gasteiger partial charge in [-0.15, -0.1) is 5.10 Å². The van der Waals surface area contributed by atoms with E-state index in [4.69, 9.17) is 15.6 Å². The van der Waals surface area contributed by atoms with Gasteiger partial charge in [-0.3, -0.25) is 9.58 Å². The minimum absolute atomic E-state index is 0.0588. The van der Waals surface area contributed by atoms with Gasteiger partial charge in [0.2, 0.25) is 5.65 Å². The summed E-state index contributed by atoms with van der Waals surface area (Å²) in [6, 6.07) is 21.1. The molecule has 38 heavy (non-hydrogen) atoms. The molecule has 9 heteroatoms. The van der Waals surface area contributed by atoms with Crippen molar-refractivity contribution in [2.75, 3.05) is 25.4 Å². The summed E-state index contributed by atoms with van der Waals surface area (Å²) < 4.78 is 8.66. The molecule has 2 aliphatic rings. The fraction of sp³-hybridized carbons (Fsp3) is 0.310. The molecule has 6 bridgehead atoms. The Bertz CT molecular complexity index is 1560. The number of ether oxygens (including phenoxy) is 1. The maximum Gasteiger partial charge on any atom is 0.203 e. The number of aromatic nitrogens is 6. The van der Waals surface area contributed by atoms with Crippen molar-refractivity contribution in [2.24, 2.45) is 5.92 Å². The second-order valence-electron chi connectivity index (χ2n) is 10.5. The van der Waals surface area contributed by atoms with E-state index in [0.717, 1.165) is 60.4 Å². The summed E-state index contributed by atoms with van der Waals surface area (Å²) in [6.07, 6.45) is 6.12. The lowest BCUT2D eigenvalue weighted by molar-refractivity contribution is 0.166. The molecule has 192 valence electrons. The molecule has 2 aliphatic heterocycles. The van der Waals surface area contributed by atoms with E-state index in [1.165, 1.54) is 5.56 Å². The van der Waals surface area contributed by atoms with Gasteiger partial charge in [0, 0.05) is 31.1 Å². The largest absolute Gasteiger partial charge is 0.489 e. The number of pyridine rings is 1. The third kappa shape index (κ3) is 4.50. The number of aromatic amines is 1. The molecule has 3 aromatic heterocycles. The molecule has 5 aromatic rings. The van der Waals surface area contributed by atoms with Gasteiger partial charge in [0.05, 0.1) is 12.7 Å². The zero-order valence-electron chi connectivity index (χ0n) is 21.1. The molecule has 9 nitrogen and oxygen atoms in total. The molecule has 1 fully saturated rings. The summed E-state index contributed by atoms with van der Waals surface area (Å²) in [7, 11) is 0. The molecular formula is C29H30N8O. The summed E-state index contributed by atoms with van der Waals surface area (Å²) in [5.74, 6) is 1.84. The van der Waals surface area contributed by atoms with Crippen LogP contribution in [0.25, 0.3) is 11.2 Å². The highest BCUT2D eigenvalue weighted by molar-refractivity contribution is 5.77. The smallest absolute Gasteiger partial charge is 0.203 e. The van der Waals surface area contributed by atoms with Crippen molar-refractivity contribution in [3.63, 3.8) is 0 Å². The fourth-order valence-corrected chi connectivity index (χ4v) is 6.04. The Morgan fingerprint density at radius 3 is 2.87 bits per heavy atom. The molecule has 4 atom stereocenters. The Morgan fingerprint density at radius 2 is 1.95 bits per heavy atom. The normalized spacial score (nSPS) is 23.2. The number of rotatable bonds is 3. The summed E-state index contributed by atoms with van der Waals surface area (Å²) in [4.78, 5) is 6.90. The third-order valence-corrected chi connectivity index (χ3v) is 7.83. The van der Waals surface area contributed by atoms with Crippen LogP contribution in [0.15, 0.2) is 73.1 Å². The van der Waals surface area contributed by atoms with Gasteiger partial charge < -0.3 is 10.5 Å². The van der Waals surface area contributed by atoms with Gasteiger partial charge in [0.15, 0.2) is 0 Å². The van der Waals surface area contributed by atoms with Crippen molar-refractivity contribution < 1.29 is 4.74 Å². The molecular weight excluding hydrogens is 476 g/mol. The molecule has 3 N–H and O–H groups in total. The lowest BCUT2D eigenvalue weighted by Gasteiger charge is -2.22. The molecule has 2 aromatic carbocycles. The number of anilines is 1. The Hall–Kier alpha value is -4.24. The van der Waals surface area contributed by atoms with Gasteiger partial charge in [-0.25, -0.2) is 4.98 Å². The minimum Gasteiger partial charge on any atom is -0.489 e. The lowest BCUT2D eigenvalue weighted by atomic mass is 9.90. The molecule has 0 spiro atoms. The molecule has 1 saturated heterocycles. The predicted molar refractivity (Wildman–Crippen MR) is 145 cm³/mol. The minimum atomic E-state index is 0.0588. The zero-order chi connectivity index (χ0) is 25.5. The highest BCUT2D eigenvalue weighted by Gasteiger charge is 2.35. The van der Waals surface area contributed by atoms with Crippen molar-refractivity contribution in [3.8, 4) is 5.75 Å². The molecule has 0 saturated carbocycles. The summed E-state index contributed by atoms with van der Waals surface area (Å²) >= 11 is 0. The number of nitrogens with two attached hydrogens (primary N) is 1. The number of H-pyrrole nitrogens is 1. The maximum absolute atomic E-state index is 6.67. The molecule has 0 amide bonds. The molecule has 5 heterocycles. The highest BCUT2D eigenvalue weighted by atomic mass is 16.5. The van der Waals surface area contributed by atoms with E-state index < -0.39 is 0 Å². The van der Waals surface area contributed by atoms with Crippen LogP contribution >= 0.6 is 0 Å². The molecule has 7 rings (SSSR count). The number of nitrogen functional groups attached to an aromatic ring is 1. The topological polar surface area (TPSA) is 111 Å². The number of benzene rings is 2. The van der Waals surface area contributed by atoms with Crippen LogP contribution in [0.5, 0.6) is 5.75 Å². The first-order valence-corrected chi connectivity index (χ1v) is 13.2. The second kappa shape index (κ2) is 9.57. The first kappa shape index (κ1) is 22.9. The quantitative estimate of drug-likeness (QED) is 0.384. The predicted octanol–water partition coefficient (Wildman–Crippen LogP) is 3.64. The first-order valence-electron chi connectivity index (χ1n) is 13.2. The van der Waals surface area contributed by atoms with E-state index in [0.29, 0.717) is 23.9 Å². The Morgan fingerprint density at radius 1 is 1.03 bits per heavy atom. The molecule has 0 aliphatic carbocycles. The van der Waals surface area contributed by atoms with E-state index >= 15 is 0 Å². The number of fused-ring (bicyclic) bond motifs is 7. The van der Waals surface area contributed by atoms with Gasteiger partial charge in [0.1, 0.15) is 23.2 Å². The van der Waals surface area contributed by atoms with Gasteiger partial charge in [0.25, 0.3) is 0 Å². The zero-order valence-corrected chi connectivity index (χ0v) is 21.1. The lowest BCUT2D eigenvalue weighted by Crippen LogP contribution is -2.28. The van der Waals surface area contributed by atoms with E-state index in [1.54, 1.807) is 0 Å². The van der Waals surface area contributed by atoms with Gasteiger partial charge in [-0.05, 0) is 59.8 Å². The van der Waals surface area contributed by atoms with Crippen LogP contribution in [0.1, 0.15) is 34.6 Å². The summed E-state index contributed by atoms with van der Waals surface area (Å²) in [5.41, 5.74) is 12.2. The monoisotopic (exact) mass is 506 g/mol. The standard InChI is InChI=1S/C29H30N8O/c30-27-13-25(28-29(32-27)34-35-33-28)24-9-10-36-16-21(11-19-5-2-1-3-6-19)26(18-36)38-23-8-4-7-20(12-23)15-37-17-22(24)14-31-37/h1-8,12-14,17,21,24,26H,9-11,15-16,18H2,(H3,30,32,33,34,35)/t21-,24?,26+/m0/s1. The third-order valence-electron chi connectivity index (χ3n) is 7.83. The Labute approximate surface area is 220 Å². The average molecular weight is 507 g/mol. The van der Waals surface area contributed by atoms with Crippen LogP contribution in [-0.4, -0.2) is 60.8 Å². The van der Waals surface area contributed by atoms with E-state index in [1.807, 2.05) is 16.9 Å². The fourth-order valence-electron chi connectivity index (χ4n) is 6.04. The number of nitrogens with one attached hydrogen (secondary N) is 1. The van der Waals surface area contributed by atoms with E-state index in [2.05, 4.69) is 86.1 Å². The van der Waals surface area contributed by atoms with Crippen molar-refractivity contribution >= 4 is 17.0 Å². The van der Waals surface area contributed by atoms with Crippen molar-refractivity contribution in [1.82, 2.24) is 35.1 Å². The van der Waals surface area contributed by atoms with Crippen molar-refractivity contribution in [3.05, 3.63) is 95.3 Å². The summed E-state index contributed by atoms with van der Waals surface area (Å²) in [6.45, 7) is 3.48. The van der Waals surface area contributed by atoms with E-state index in [-0.39, 0.29) is 12.0 Å². The van der Waals surface area contributed by atoms with E-state index in [9.17, 15) is 0 Å². The highest BCUT2D eigenvalue weighted by Crippen LogP contribution is 2.34. The molecule has 2 unspecified atom stereocenters. The number of hydrogen-bond donors (Lipinski definition) is 2. The summed E-state index contributed by atoms with van der Waals surface area (Å²) in [5, 5.41) is 16.1. The number of nitrogens with zero attached hydrogens (tertiary/aromatic N) is 6. The van der Waals surface area contributed by atoms with Gasteiger partial charge in [-0.2, -0.15) is 15.4 Å². The van der Waals surface area contributed by atoms with Crippen LogP contribution in [0.3, 0.4) is 0 Å². The van der Waals surface area contributed by atoms with Gasteiger partial charge >= 0.3 is 0 Å². The number of hydrogen-bond acceptors (Lipinski definition) is 7. The van der Waals surface area contributed by atoms with Crippen LogP contribution in [0.4, 0.5) is 5.82 Å².